The van der Waals surface area contributed by atoms with Gasteiger partial charge in [-0.3, -0.25) is 4.79 Å². The van der Waals surface area contributed by atoms with Crippen molar-refractivity contribution in [2.24, 2.45) is 0 Å². The number of aromatic nitrogens is 1. The van der Waals surface area contributed by atoms with Crippen LogP contribution in [0.15, 0.2) is 24.3 Å². The molecule has 3 heteroatoms. The van der Waals surface area contributed by atoms with Crippen molar-refractivity contribution in [3.63, 3.8) is 0 Å². The van der Waals surface area contributed by atoms with Gasteiger partial charge in [0.1, 0.15) is 5.69 Å². The number of rotatable bonds is 2. The van der Waals surface area contributed by atoms with Crippen LogP contribution in [-0.4, -0.2) is 29.4 Å². The highest BCUT2D eigenvalue weighted by Crippen LogP contribution is 2.17. The average Bonchev–Trinajstić information content (AvgIpc) is 2.71. The first-order valence-corrected chi connectivity index (χ1v) is 5.40. The maximum absolute atomic E-state index is 12.0. The number of carbonyl (C=O) groups excluding carboxylic acids is 1. The van der Waals surface area contributed by atoms with Gasteiger partial charge in [-0.2, -0.15) is 0 Å². The molecule has 1 heterocycles. The number of nitrogens with zero attached hydrogens (tertiary/aromatic N) is 1. The van der Waals surface area contributed by atoms with E-state index in [1.807, 2.05) is 31.2 Å². The number of aromatic amines is 1. The largest absolute Gasteiger partial charge is 0.351 e. The molecule has 0 aliphatic carbocycles. The molecular formula is C14H14N2O. The second kappa shape index (κ2) is 4.34. The van der Waals surface area contributed by atoms with Gasteiger partial charge < -0.3 is 9.88 Å². The van der Waals surface area contributed by atoms with Crippen LogP contribution in [0.2, 0.25) is 0 Å². The van der Waals surface area contributed by atoms with E-state index in [4.69, 9.17) is 6.42 Å². The van der Waals surface area contributed by atoms with Crippen LogP contribution in [0.25, 0.3) is 10.9 Å². The highest BCUT2D eigenvalue weighted by molar-refractivity contribution is 5.98. The van der Waals surface area contributed by atoms with Crippen LogP contribution in [0.4, 0.5) is 0 Å². The van der Waals surface area contributed by atoms with Crippen LogP contribution in [-0.2, 0) is 0 Å². The van der Waals surface area contributed by atoms with Crippen LogP contribution in [0.3, 0.4) is 0 Å². The normalized spacial score (nSPS) is 10.2. The standard InChI is InChI=1S/C14H14N2O/c1-4-7-16(3)14(17)13-9-11-8-10(2)5-6-12(11)15-13/h1,5-6,8-9,15H,7H2,2-3H3. The van der Waals surface area contributed by atoms with Gasteiger partial charge in [-0.25, -0.2) is 0 Å². The van der Waals surface area contributed by atoms with Gasteiger partial charge >= 0.3 is 0 Å². The molecule has 2 aromatic rings. The molecule has 2 rings (SSSR count). The van der Waals surface area contributed by atoms with Crippen LogP contribution < -0.4 is 0 Å². The monoisotopic (exact) mass is 226 g/mol. The molecule has 3 nitrogen and oxygen atoms in total. The Morgan fingerprint density at radius 3 is 2.94 bits per heavy atom. The molecule has 0 aliphatic rings. The zero-order valence-corrected chi connectivity index (χ0v) is 9.95. The molecule has 0 bridgehead atoms. The van der Waals surface area contributed by atoms with Crippen LogP contribution in [0.1, 0.15) is 16.1 Å². The summed E-state index contributed by atoms with van der Waals surface area (Å²) < 4.78 is 0. The minimum absolute atomic E-state index is 0.0863. The van der Waals surface area contributed by atoms with Crippen LogP contribution in [0.5, 0.6) is 0 Å². The Hall–Kier alpha value is -2.21. The van der Waals surface area contributed by atoms with E-state index in [0.29, 0.717) is 12.2 Å². The maximum atomic E-state index is 12.0. The molecule has 0 saturated carbocycles. The summed E-state index contributed by atoms with van der Waals surface area (Å²) in [5.74, 6) is 2.37. The van der Waals surface area contributed by atoms with Crippen molar-refractivity contribution in [3.05, 3.63) is 35.5 Å². The summed E-state index contributed by atoms with van der Waals surface area (Å²) in [6.07, 6.45) is 5.19. The number of carbonyl (C=O) groups is 1. The zero-order valence-electron chi connectivity index (χ0n) is 9.95. The van der Waals surface area contributed by atoms with E-state index >= 15 is 0 Å². The van der Waals surface area contributed by atoms with E-state index in [1.165, 1.54) is 10.5 Å². The van der Waals surface area contributed by atoms with E-state index in [9.17, 15) is 4.79 Å². The van der Waals surface area contributed by atoms with Crippen LogP contribution in [0, 0.1) is 19.3 Å². The fraction of sp³-hybridized carbons (Fsp3) is 0.214. The number of fused-ring (bicyclic) bond motifs is 1. The lowest BCUT2D eigenvalue weighted by Gasteiger charge is -2.11. The SMILES string of the molecule is C#CCN(C)C(=O)c1cc2cc(C)ccc2[nH]1. The number of nitrogens with one attached hydrogen (secondary N) is 1. The Balaban J connectivity index is 2.37. The average molecular weight is 226 g/mol. The topological polar surface area (TPSA) is 36.1 Å². The fourth-order valence-corrected chi connectivity index (χ4v) is 1.78. The zero-order chi connectivity index (χ0) is 12.4. The summed E-state index contributed by atoms with van der Waals surface area (Å²) in [4.78, 5) is 16.6. The van der Waals surface area contributed by atoms with Crippen molar-refractivity contribution in [3.8, 4) is 12.3 Å². The van der Waals surface area contributed by atoms with Crippen molar-refractivity contribution in [2.75, 3.05) is 13.6 Å². The van der Waals surface area contributed by atoms with Gasteiger partial charge in [-0.15, -0.1) is 6.42 Å². The molecule has 0 radical (unpaired) electrons. The maximum Gasteiger partial charge on any atom is 0.270 e. The first-order chi connectivity index (χ1) is 8.11. The molecule has 1 aromatic heterocycles. The van der Waals surface area contributed by atoms with Crippen molar-refractivity contribution >= 4 is 16.8 Å². The summed E-state index contributed by atoms with van der Waals surface area (Å²) in [7, 11) is 1.69. The minimum atomic E-state index is -0.0863. The smallest absolute Gasteiger partial charge is 0.270 e. The Morgan fingerprint density at radius 2 is 2.24 bits per heavy atom. The molecule has 0 aliphatic heterocycles. The predicted molar refractivity (Wildman–Crippen MR) is 68.8 cm³/mol. The molecule has 1 N–H and O–H groups in total. The van der Waals surface area contributed by atoms with Gasteiger partial charge in [0.05, 0.1) is 6.54 Å². The van der Waals surface area contributed by atoms with Crippen molar-refractivity contribution < 1.29 is 4.79 Å². The lowest BCUT2D eigenvalue weighted by atomic mass is 10.2. The van der Waals surface area contributed by atoms with E-state index in [-0.39, 0.29) is 5.91 Å². The van der Waals surface area contributed by atoms with Gasteiger partial charge in [0, 0.05) is 18.0 Å². The van der Waals surface area contributed by atoms with Crippen molar-refractivity contribution in [1.29, 1.82) is 0 Å². The second-order valence-corrected chi connectivity index (χ2v) is 4.14. The van der Waals surface area contributed by atoms with E-state index in [2.05, 4.69) is 10.9 Å². The molecule has 0 saturated heterocycles. The third kappa shape index (κ3) is 2.16. The third-order valence-corrected chi connectivity index (χ3v) is 2.68. The first kappa shape index (κ1) is 11.3. The van der Waals surface area contributed by atoms with Gasteiger partial charge in [0.25, 0.3) is 5.91 Å². The summed E-state index contributed by atoms with van der Waals surface area (Å²) in [6, 6.07) is 7.89. The van der Waals surface area contributed by atoms with Crippen molar-refractivity contribution in [2.45, 2.75) is 6.92 Å². The van der Waals surface area contributed by atoms with E-state index in [0.717, 1.165) is 10.9 Å². The molecule has 17 heavy (non-hydrogen) atoms. The van der Waals surface area contributed by atoms with E-state index < -0.39 is 0 Å². The predicted octanol–water partition coefficient (Wildman–Crippen LogP) is 2.18. The first-order valence-electron chi connectivity index (χ1n) is 5.40. The third-order valence-electron chi connectivity index (χ3n) is 2.68. The number of H-pyrrole nitrogens is 1. The summed E-state index contributed by atoms with van der Waals surface area (Å²) in [5, 5.41) is 1.04. The Morgan fingerprint density at radius 1 is 1.47 bits per heavy atom. The molecule has 1 aromatic carbocycles. The molecule has 0 atom stereocenters. The molecule has 0 spiro atoms. The Kier molecular flexibility index (Phi) is 2.88. The fourth-order valence-electron chi connectivity index (χ4n) is 1.78. The molecule has 86 valence electrons. The molecule has 0 unspecified atom stereocenters. The number of aryl methyl sites for hydroxylation is 1. The summed E-state index contributed by atoms with van der Waals surface area (Å²) in [5.41, 5.74) is 2.71. The number of benzene rings is 1. The highest BCUT2D eigenvalue weighted by atomic mass is 16.2. The van der Waals surface area contributed by atoms with Gasteiger partial charge in [0.15, 0.2) is 0 Å². The number of hydrogen-bond acceptors (Lipinski definition) is 1. The number of terminal acetylenes is 1. The van der Waals surface area contributed by atoms with E-state index in [1.54, 1.807) is 7.05 Å². The number of amides is 1. The summed E-state index contributed by atoms with van der Waals surface area (Å²) >= 11 is 0. The molecule has 1 amide bonds. The van der Waals surface area contributed by atoms with Crippen molar-refractivity contribution in [1.82, 2.24) is 9.88 Å². The second-order valence-electron chi connectivity index (χ2n) is 4.14. The van der Waals surface area contributed by atoms with Gasteiger partial charge in [-0.1, -0.05) is 17.6 Å². The van der Waals surface area contributed by atoms with Gasteiger partial charge in [0.2, 0.25) is 0 Å². The Labute approximate surface area is 100 Å². The van der Waals surface area contributed by atoms with Gasteiger partial charge in [-0.05, 0) is 25.1 Å². The Bertz CT molecular complexity index is 604. The lowest BCUT2D eigenvalue weighted by molar-refractivity contribution is 0.0808. The lowest BCUT2D eigenvalue weighted by Crippen LogP contribution is -2.27. The molecule has 0 fully saturated rings. The molecular weight excluding hydrogens is 212 g/mol. The minimum Gasteiger partial charge on any atom is -0.351 e. The number of hydrogen-bond donors (Lipinski definition) is 1. The quantitative estimate of drug-likeness (QED) is 0.783. The highest BCUT2D eigenvalue weighted by Gasteiger charge is 2.13. The van der Waals surface area contributed by atoms with Crippen LogP contribution >= 0.6 is 0 Å². The summed E-state index contributed by atoms with van der Waals surface area (Å²) in [6.45, 7) is 2.34.